The number of hydrogen-bond acceptors (Lipinski definition) is 5. The average Bonchev–Trinajstić information content (AvgIpc) is 3.08. The van der Waals surface area contributed by atoms with Gasteiger partial charge in [0.05, 0.1) is 12.5 Å². The van der Waals surface area contributed by atoms with E-state index in [0.29, 0.717) is 12.4 Å². The van der Waals surface area contributed by atoms with Gasteiger partial charge in [0.25, 0.3) is 0 Å². The van der Waals surface area contributed by atoms with E-state index in [1.54, 1.807) is 7.11 Å². The molecule has 1 unspecified atom stereocenters. The maximum absolute atomic E-state index is 6.18. The van der Waals surface area contributed by atoms with E-state index in [0.717, 1.165) is 28.0 Å². The Morgan fingerprint density at radius 1 is 1.04 bits per heavy atom. The van der Waals surface area contributed by atoms with Gasteiger partial charge in [-0.25, -0.2) is 14.6 Å². The zero-order valence-corrected chi connectivity index (χ0v) is 15.3. The van der Waals surface area contributed by atoms with Gasteiger partial charge >= 0.3 is 0 Å². The van der Waals surface area contributed by atoms with Gasteiger partial charge in [0, 0.05) is 18.0 Å². The molecule has 0 amide bonds. The summed E-state index contributed by atoms with van der Waals surface area (Å²) in [6.07, 6.45) is 1.49. The Bertz CT molecular complexity index is 1060. The van der Waals surface area contributed by atoms with Crippen LogP contribution in [-0.4, -0.2) is 26.9 Å². The van der Waals surface area contributed by atoms with E-state index >= 15 is 0 Å². The van der Waals surface area contributed by atoms with Gasteiger partial charge < -0.3 is 10.5 Å². The Hall–Kier alpha value is -3.41. The van der Waals surface area contributed by atoms with Crippen molar-refractivity contribution in [1.29, 1.82) is 0 Å². The van der Waals surface area contributed by atoms with Crippen LogP contribution in [0.5, 0.6) is 5.75 Å². The van der Waals surface area contributed by atoms with Gasteiger partial charge in [-0.05, 0) is 29.8 Å². The minimum Gasteiger partial charge on any atom is -0.497 e. The van der Waals surface area contributed by atoms with Crippen LogP contribution < -0.4 is 10.5 Å². The second-order valence-corrected chi connectivity index (χ2v) is 6.53. The highest BCUT2D eigenvalue weighted by Gasteiger charge is 2.18. The number of nitrogen functional groups attached to an aromatic ring is 1. The first-order chi connectivity index (χ1) is 13.2. The van der Waals surface area contributed by atoms with Gasteiger partial charge in [-0.15, -0.1) is 0 Å². The standard InChI is InChI=1S/C21H21N5O/c1-14(15-6-4-3-5-7-15)12-26-21-18(20(22)23-13-24-21)19(25-26)16-8-10-17(27-2)11-9-16/h3-11,13-14H,12H2,1-2H3,(H2,22,23,24). The van der Waals surface area contributed by atoms with E-state index in [1.807, 2.05) is 35.0 Å². The Morgan fingerprint density at radius 3 is 2.48 bits per heavy atom. The van der Waals surface area contributed by atoms with Gasteiger partial charge in [0.2, 0.25) is 0 Å². The molecule has 2 aromatic heterocycles. The second kappa shape index (κ2) is 7.07. The third-order valence-corrected chi connectivity index (χ3v) is 4.74. The molecule has 27 heavy (non-hydrogen) atoms. The first-order valence-corrected chi connectivity index (χ1v) is 8.83. The highest BCUT2D eigenvalue weighted by molar-refractivity contribution is 5.98. The van der Waals surface area contributed by atoms with Crippen molar-refractivity contribution < 1.29 is 4.74 Å². The summed E-state index contributed by atoms with van der Waals surface area (Å²) in [4.78, 5) is 8.62. The molecule has 2 N–H and O–H groups in total. The molecule has 136 valence electrons. The van der Waals surface area contributed by atoms with E-state index in [2.05, 4.69) is 41.2 Å². The van der Waals surface area contributed by atoms with Crippen LogP contribution in [0.1, 0.15) is 18.4 Å². The van der Waals surface area contributed by atoms with Crippen LogP contribution in [0.3, 0.4) is 0 Å². The molecular weight excluding hydrogens is 338 g/mol. The van der Waals surface area contributed by atoms with Crippen LogP contribution in [0, 0.1) is 0 Å². The molecule has 6 heteroatoms. The fraction of sp³-hybridized carbons (Fsp3) is 0.190. The predicted molar refractivity (Wildman–Crippen MR) is 107 cm³/mol. The molecular formula is C21H21N5O. The molecule has 6 nitrogen and oxygen atoms in total. The molecule has 0 aliphatic heterocycles. The lowest BCUT2D eigenvalue weighted by atomic mass is 10.0. The number of rotatable bonds is 5. The number of fused-ring (bicyclic) bond motifs is 1. The minimum atomic E-state index is 0.286. The fourth-order valence-corrected chi connectivity index (χ4v) is 3.26. The fourth-order valence-electron chi connectivity index (χ4n) is 3.26. The Kier molecular flexibility index (Phi) is 4.46. The van der Waals surface area contributed by atoms with E-state index in [4.69, 9.17) is 15.6 Å². The van der Waals surface area contributed by atoms with Crippen molar-refractivity contribution in [3.05, 3.63) is 66.5 Å². The molecule has 0 saturated carbocycles. The molecule has 4 aromatic rings. The van der Waals surface area contributed by atoms with E-state index < -0.39 is 0 Å². The van der Waals surface area contributed by atoms with Crippen LogP contribution >= 0.6 is 0 Å². The molecule has 0 radical (unpaired) electrons. The Morgan fingerprint density at radius 2 is 1.78 bits per heavy atom. The first kappa shape index (κ1) is 17.0. The van der Waals surface area contributed by atoms with Crippen LogP contribution in [0.2, 0.25) is 0 Å². The summed E-state index contributed by atoms with van der Waals surface area (Å²) in [5, 5.41) is 5.62. The predicted octanol–water partition coefficient (Wildman–Crippen LogP) is 3.89. The summed E-state index contributed by atoms with van der Waals surface area (Å²) in [5.74, 6) is 1.52. The molecule has 0 aliphatic rings. The van der Waals surface area contributed by atoms with Crippen molar-refractivity contribution >= 4 is 16.9 Å². The lowest BCUT2D eigenvalue weighted by Crippen LogP contribution is -2.08. The zero-order valence-electron chi connectivity index (χ0n) is 15.3. The normalized spacial score (nSPS) is 12.2. The SMILES string of the molecule is COc1ccc(-c2nn(CC(C)c3ccccc3)c3ncnc(N)c23)cc1. The van der Waals surface area contributed by atoms with Gasteiger partial charge in [0.1, 0.15) is 23.6 Å². The maximum atomic E-state index is 6.18. The van der Waals surface area contributed by atoms with Crippen LogP contribution in [0.4, 0.5) is 5.82 Å². The van der Waals surface area contributed by atoms with E-state index in [1.165, 1.54) is 11.9 Å². The molecule has 2 heterocycles. The second-order valence-electron chi connectivity index (χ2n) is 6.53. The summed E-state index contributed by atoms with van der Waals surface area (Å²) in [6, 6.07) is 18.1. The molecule has 0 spiro atoms. The monoisotopic (exact) mass is 359 g/mol. The van der Waals surface area contributed by atoms with Gasteiger partial charge in [-0.3, -0.25) is 0 Å². The van der Waals surface area contributed by atoms with Gasteiger partial charge in [-0.1, -0.05) is 37.3 Å². The number of ether oxygens (including phenoxy) is 1. The zero-order chi connectivity index (χ0) is 18.8. The maximum Gasteiger partial charge on any atom is 0.163 e. The summed E-state index contributed by atoms with van der Waals surface area (Å²) < 4.78 is 7.17. The van der Waals surface area contributed by atoms with E-state index in [-0.39, 0.29) is 5.92 Å². The summed E-state index contributed by atoms with van der Waals surface area (Å²) >= 11 is 0. The molecule has 0 saturated heterocycles. The summed E-state index contributed by atoms with van der Waals surface area (Å²) in [5.41, 5.74) is 9.92. The number of aromatic nitrogens is 4. The molecule has 4 rings (SSSR count). The Balaban J connectivity index is 1.79. The quantitative estimate of drug-likeness (QED) is 0.585. The van der Waals surface area contributed by atoms with Crippen LogP contribution in [0.15, 0.2) is 60.9 Å². The smallest absolute Gasteiger partial charge is 0.163 e. The molecule has 2 aromatic carbocycles. The number of methoxy groups -OCH3 is 1. The number of benzene rings is 2. The number of nitrogens with two attached hydrogens (primary N) is 1. The third-order valence-electron chi connectivity index (χ3n) is 4.74. The van der Waals surface area contributed by atoms with E-state index in [9.17, 15) is 0 Å². The number of nitrogens with zero attached hydrogens (tertiary/aromatic N) is 4. The largest absolute Gasteiger partial charge is 0.497 e. The van der Waals surface area contributed by atoms with Crippen molar-refractivity contribution in [3.63, 3.8) is 0 Å². The first-order valence-electron chi connectivity index (χ1n) is 8.83. The lowest BCUT2D eigenvalue weighted by molar-refractivity contribution is 0.415. The lowest BCUT2D eigenvalue weighted by Gasteiger charge is -2.12. The molecule has 0 fully saturated rings. The highest BCUT2D eigenvalue weighted by Crippen LogP contribution is 2.32. The average molecular weight is 359 g/mol. The van der Waals surface area contributed by atoms with Crippen molar-refractivity contribution in [2.75, 3.05) is 12.8 Å². The molecule has 0 aliphatic carbocycles. The number of hydrogen-bond donors (Lipinski definition) is 1. The van der Waals surface area contributed by atoms with Crippen molar-refractivity contribution in [3.8, 4) is 17.0 Å². The topological polar surface area (TPSA) is 78.8 Å². The Labute approximate surface area is 157 Å². The summed E-state index contributed by atoms with van der Waals surface area (Å²) in [6.45, 7) is 2.88. The van der Waals surface area contributed by atoms with Crippen LogP contribution in [-0.2, 0) is 6.54 Å². The molecule has 0 bridgehead atoms. The highest BCUT2D eigenvalue weighted by atomic mass is 16.5. The van der Waals surface area contributed by atoms with Gasteiger partial charge in [-0.2, -0.15) is 5.10 Å². The third kappa shape index (κ3) is 3.21. The molecule has 1 atom stereocenters. The van der Waals surface area contributed by atoms with Crippen LogP contribution in [0.25, 0.3) is 22.3 Å². The summed E-state index contributed by atoms with van der Waals surface area (Å²) in [7, 11) is 1.65. The van der Waals surface area contributed by atoms with Gasteiger partial charge in [0.15, 0.2) is 5.65 Å². The van der Waals surface area contributed by atoms with Crippen molar-refractivity contribution in [1.82, 2.24) is 19.7 Å². The van der Waals surface area contributed by atoms with Crippen molar-refractivity contribution in [2.45, 2.75) is 19.4 Å². The van der Waals surface area contributed by atoms with Crippen molar-refractivity contribution in [2.24, 2.45) is 0 Å². The minimum absolute atomic E-state index is 0.286. The number of anilines is 1.